The first-order chi connectivity index (χ1) is 10.5. The van der Waals surface area contributed by atoms with Gasteiger partial charge in [-0.2, -0.15) is 0 Å². The first-order valence-electron chi connectivity index (χ1n) is 7.82. The molecule has 2 aromatic rings. The Kier molecular flexibility index (Phi) is 3.68. The van der Waals surface area contributed by atoms with Gasteiger partial charge in [0.25, 0.3) is 5.56 Å². The number of aliphatic hydroxyl groups excluding tert-OH is 1. The fourth-order valence-electron chi connectivity index (χ4n) is 3.17. The Morgan fingerprint density at radius 2 is 2.23 bits per heavy atom. The lowest BCUT2D eigenvalue weighted by Crippen LogP contribution is -2.40. The molecule has 1 unspecified atom stereocenters. The van der Waals surface area contributed by atoms with Crippen LogP contribution in [0.4, 0.5) is 0 Å². The van der Waals surface area contributed by atoms with Crippen LogP contribution in [0, 0.1) is 6.92 Å². The zero-order valence-corrected chi connectivity index (χ0v) is 13.3. The van der Waals surface area contributed by atoms with E-state index in [0.717, 1.165) is 23.1 Å². The molecule has 0 aromatic carbocycles. The van der Waals surface area contributed by atoms with Crippen molar-refractivity contribution in [3.63, 3.8) is 0 Å². The van der Waals surface area contributed by atoms with Crippen molar-refractivity contribution in [1.82, 2.24) is 9.55 Å². The lowest BCUT2D eigenvalue weighted by Gasteiger charge is -2.36. The average Bonchev–Trinajstić information content (AvgIpc) is 2.47. The van der Waals surface area contributed by atoms with Gasteiger partial charge in [0.2, 0.25) is 0 Å². The zero-order chi connectivity index (χ0) is 15.9. The number of hydrogen-bond acceptors (Lipinski definition) is 4. The number of rotatable bonds is 3. The summed E-state index contributed by atoms with van der Waals surface area (Å²) in [6, 6.07) is 3.92. The monoisotopic (exact) mass is 302 g/mol. The molecule has 22 heavy (non-hydrogen) atoms. The minimum atomic E-state index is -0.426. The summed E-state index contributed by atoms with van der Waals surface area (Å²) >= 11 is 0. The number of ether oxygens (including phenoxy) is 1. The average molecular weight is 302 g/mol. The van der Waals surface area contributed by atoms with Crippen LogP contribution in [0.2, 0.25) is 0 Å². The van der Waals surface area contributed by atoms with Crippen LogP contribution >= 0.6 is 0 Å². The van der Waals surface area contributed by atoms with E-state index in [1.807, 2.05) is 32.9 Å². The fourth-order valence-corrected chi connectivity index (χ4v) is 3.17. The SMILES string of the molecule is CCn1c(=O)c2c(c3ccc(C)nc31)OC(C)(CCO)CC2. The maximum Gasteiger partial charge on any atom is 0.259 e. The first-order valence-corrected chi connectivity index (χ1v) is 7.82. The van der Waals surface area contributed by atoms with Gasteiger partial charge in [-0.15, -0.1) is 0 Å². The van der Waals surface area contributed by atoms with Crippen molar-refractivity contribution >= 4 is 11.0 Å². The molecule has 5 heteroatoms. The number of nitrogens with zero attached hydrogens (tertiary/aromatic N) is 2. The van der Waals surface area contributed by atoms with Crippen LogP contribution in [0.25, 0.3) is 11.0 Å². The smallest absolute Gasteiger partial charge is 0.259 e. The van der Waals surface area contributed by atoms with Crippen LogP contribution in [0.15, 0.2) is 16.9 Å². The summed E-state index contributed by atoms with van der Waals surface area (Å²) < 4.78 is 7.90. The standard InChI is InChI=1S/C17H22N2O3/c1-4-19-15-12(6-5-11(2)18-15)14-13(16(19)21)7-8-17(3,22-14)9-10-20/h5-6,20H,4,7-10H2,1-3H3. The minimum absolute atomic E-state index is 0.00542. The van der Waals surface area contributed by atoms with Crippen molar-refractivity contribution in [2.45, 2.75) is 52.2 Å². The van der Waals surface area contributed by atoms with Crippen LogP contribution in [-0.2, 0) is 13.0 Å². The molecule has 0 radical (unpaired) electrons. The Labute approximate surface area is 129 Å². The molecule has 0 saturated carbocycles. The van der Waals surface area contributed by atoms with E-state index in [9.17, 15) is 9.90 Å². The van der Waals surface area contributed by atoms with Gasteiger partial charge < -0.3 is 9.84 Å². The Balaban J connectivity index is 2.28. The largest absolute Gasteiger partial charge is 0.486 e. The molecule has 0 fully saturated rings. The predicted molar refractivity (Wildman–Crippen MR) is 85.5 cm³/mol. The minimum Gasteiger partial charge on any atom is -0.486 e. The van der Waals surface area contributed by atoms with Gasteiger partial charge in [-0.1, -0.05) is 0 Å². The second-order valence-electron chi connectivity index (χ2n) is 6.21. The van der Waals surface area contributed by atoms with Gasteiger partial charge in [-0.05, 0) is 45.7 Å². The second-order valence-corrected chi connectivity index (χ2v) is 6.21. The normalized spacial score (nSPS) is 20.7. The highest BCUT2D eigenvalue weighted by Crippen LogP contribution is 2.37. The van der Waals surface area contributed by atoms with E-state index in [1.165, 1.54) is 0 Å². The zero-order valence-electron chi connectivity index (χ0n) is 13.3. The van der Waals surface area contributed by atoms with Crippen LogP contribution in [0.3, 0.4) is 0 Å². The Hall–Kier alpha value is -1.88. The molecule has 1 atom stereocenters. The Morgan fingerprint density at radius 3 is 2.91 bits per heavy atom. The van der Waals surface area contributed by atoms with Crippen molar-refractivity contribution in [2.75, 3.05) is 6.61 Å². The van der Waals surface area contributed by atoms with Crippen LogP contribution in [0.1, 0.15) is 37.9 Å². The van der Waals surface area contributed by atoms with Crippen molar-refractivity contribution in [3.8, 4) is 5.75 Å². The molecule has 0 bridgehead atoms. The van der Waals surface area contributed by atoms with Crippen molar-refractivity contribution < 1.29 is 9.84 Å². The molecule has 1 N–H and O–H groups in total. The Morgan fingerprint density at radius 1 is 1.45 bits per heavy atom. The first kappa shape index (κ1) is 15.0. The predicted octanol–water partition coefficient (Wildman–Crippen LogP) is 2.19. The molecule has 1 aliphatic heterocycles. The molecule has 0 saturated heterocycles. The van der Waals surface area contributed by atoms with E-state index in [-0.39, 0.29) is 12.2 Å². The summed E-state index contributed by atoms with van der Waals surface area (Å²) in [6.45, 7) is 6.53. The third-order valence-corrected chi connectivity index (χ3v) is 4.50. The molecule has 0 amide bonds. The van der Waals surface area contributed by atoms with Crippen molar-refractivity contribution in [3.05, 3.63) is 33.7 Å². The second kappa shape index (κ2) is 5.39. The topological polar surface area (TPSA) is 64.4 Å². The molecule has 2 aromatic heterocycles. The summed E-state index contributed by atoms with van der Waals surface area (Å²) in [6.07, 6.45) is 1.98. The third kappa shape index (κ3) is 2.29. The number of fused-ring (bicyclic) bond motifs is 3. The summed E-state index contributed by atoms with van der Waals surface area (Å²) in [5.74, 6) is 0.652. The van der Waals surface area contributed by atoms with Gasteiger partial charge in [0.05, 0.1) is 10.9 Å². The van der Waals surface area contributed by atoms with E-state index in [2.05, 4.69) is 4.98 Å². The third-order valence-electron chi connectivity index (χ3n) is 4.50. The van der Waals surface area contributed by atoms with E-state index < -0.39 is 5.60 Å². The highest BCUT2D eigenvalue weighted by atomic mass is 16.5. The maximum absolute atomic E-state index is 12.7. The quantitative estimate of drug-likeness (QED) is 0.944. The Bertz CT molecular complexity index is 782. The molecule has 118 valence electrons. The number of pyridine rings is 2. The summed E-state index contributed by atoms with van der Waals surface area (Å²) in [5.41, 5.74) is 1.86. The molecule has 5 nitrogen and oxygen atoms in total. The highest BCUT2D eigenvalue weighted by Gasteiger charge is 2.34. The maximum atomic E-state index is 12.7. The number of aryl methyl sites for hydroxylation is 2. The molecular weight excluding hydrogens is 280 g/mol. The molecule has 3 rings (SSSR count). The molecule has 1 aliphatic rings. The van der Waals surface area contributed by atoms with Crippen LogP contribution in [0.5, 0.6) is 5.75 Å². The van der Waals surface area contributed by atoms with E-state index in [1.54, 1.807) is 4.57 Å². The van der Waals surface area contributed by atoms with Crippen molar-refractivity contribution in [1.29, 1.82) is 0 Å². The molecular formula is C17H22N2O3. The van der Waals surface area contributed by atoms with Gasteiger partial charge >= 0.3 is 0 Å². The van der Waals surface area contributed by atoms with Crippen LogP contribution < -0.4 is 10.3 Å². The fraction of sp³-hybridized carbons (Fsp3) is 0.529. The number of aromatic nitrogens is 2. The number of hydrogen-bond donors (Lipinski definition) is 1. The summed E-state index contributed by atoms with van der Waals surface area (Å²) in [7, 11) is 0. The number of aliphatic hydroxyl groups is 1. The summed E-state index contributed by atoms with van der Waals surface area (Å²) in [5, 5.41) is 10.1. The summed E-state index contributed by atoms with van der Waals surface area (Å²) in [4.78, 5) is 17.3. The van der Waals surface area contributed by atoms with Gasteiger partial charge in [0, 0.05) is 25.3 Å². The van der Waals surface area contributed by atoms with E-state index in [4.69, 9.17) is 4.74 Å². The molecule has 0 aliphatic carbocycles. The van der Waals surface area contributed by atoms with Crippen LogP contribution in [-0.4, -0.2) is 26.9 Å². The van der Waals surface area contributed by atoms with Gasteiger partial charge in [0.15, 0.2) is 0 Å². The highest BCUT2D eigenvalue weighted by molar-refractivity contribution is 5.84. The van der Waals surface area contributed by atoms with E-state index in [0.29, 0.717) is 30.8 Å². The molecule has 3 heterocycles. The van der Waals surface area contributed by atoms with Gasteiger partial charge in [-0.3, -0.25) is 9.36 Å². The van der Waals surface area contributed by atoms with Gasteiger partial charge in [-0.25, -0.2) is 4.98 Å². The lowest BCUT2D eigenvalue weighted by molar-refractivity contribution is 0.0399. The molecule has 0 spiro atoms. The van der Waals surface area contributed by atoms with E-state index >= 15 is 0 Å². The lowest BCUT2D eigenvalue weighted by atomic mass is 9.90. The van der Waals surface area contributed by atoms with Gasteiger partial charge in [0.1, 0.15) is 17.0 Å². The van der Waals surface area contributed by atoms with Crippen molar-refractivity contribution in [2.24, 2.45) is 0 Å².